The van der Waals surface area contributed by atoms with Gasteiger partial charge in [-0.1, -0.05) is 29.8 Å². The van der Waals surface area contributed by atoms with Crippen LogP contribution in [0.2, 0.25) is 5.02 Å². The first-order valence-electron chi connectivity index (χ1n) is 9.20. The molecule has 1 N–H and O–H groups in total. The average molecular weight is 483 g/mol. The molecule has 6 nitrogen and oxygen atoms in total. The van der Waals surface area contributed by atoms with Gasteiger partial charge in [-0.05, 0) is 60.0 Å². The number of aromatic nitrogens is 1. The van der Waals surface area contributed by atoms with Crippen molar-refractivity contribution in [1.82, 2.24) is 9.71 Å². The zero-order chi connectivity index (χ0) is 22.6. The van der Waals surface area contributed by atoms with Gasteiger partial charge >= 0.3 is 0 Å². The number of sulfonamides is 1. The van der Waals surface area contributed by atoms with Gasteiger partial charge in [0, 0.05) is 24.0 Å². The summed E-state index contributed by atoms with van der Waals surface area (Å²) in [5.74, 6) is -0.861. The summed E-state index contributed by atoms with van der Waals surface area (Å²) in [5, 5.41) is -0.766. The highest BCUT2D eigenvalue weighted by atomic mass is 35.5. The highest BCUT2D eigenvalue weighted by molar-refractivity contribution is 7.92. The largest absolute Gasteiger partial charge is 0.264 e. The zero-order valence-corrected chi connectivity index (χ0v) is 18.9. The van der Waals surface area contributed by atoms with Crippen molar-refractivity contribution in [3.8, 4) is 0 Å². The Hall–Kier alpha value is -2.33. The van der Waals surface area contributed by atoms with Gasteiger partial charge in [0.15, 0.2) is 9.84 Å². The molecular weight excluding hydrogens is 463 g/mol. The molecule has 0 aliphatic rings. The normalized spacial score (nSPS) is 13.1. The fourth-order valence-electron chi connectivity index (χ4n) is 2.99. The third-order valence-electron chi connectivity index (χ3n) is 4.65. The number of aryl methyl sites for hydroxylation is 1. The fourth-order valence-corrected chi connectivity index (χ4v) is 6.10. The Bertz CT molecular complexity index is 1270. The molecule has 0 radical (unpaired) electrons. The van der Waals surface area contributed by atoms with Crippen molar-refractivity contribution < 1.29 is 21.2 Å². The number of hydrogen-bond acceptors (Lipinski definition) is 5. The van der Waals surface area contributed by atoms with Crippen LogP contribution in [0.4, 0.5) is 4.39 Å². The van der Waals surface area contributed by atoms with E-state index in [-0.39, 0.29) is 16.2 Å². The molecule has 3 rings (SSSR count). The Kier molecular flexibility index (Phi) is 7.10. The smallest absolute Gasteiger partial charge is 0.215 e. The van der Waals surface area contributed by atoms with Crippen molar-refractivity contribution in [2.24, 2.45) is 0 Å². The van der Waals surface area contributed by atoms with Crippen molar-refractivity contribution in [3.05, 3.63) is 94.5 Å². The average Bonchev–Trinajstić information content (AvgIpc) is 2.72. The maximum absolute atomic E-state index is 13.6. The molecule has 0 bridgehead atoms. The summed E-state index contributed by atoms with van der Waals surface area (Å²) in [6.07, 6.45) is 2.85. The van der Waals surface area contributed by atoms with Crippen molar-refractivity contribution in [2.75, 3.05) is 6.54 Å². The van der Waals surface area contributed by atoms with Gasteiger partial charge in [-0.25, -0.2) is 25.9 Å². The molecule has 0 spiro atoms. The van der Waals surface area contributed by atoms with Crippen LogP contribution in [0.5, 0.6) is 0 Å². The molecule has 2 aromatic carbocycles. The van der Waals surface area contributed by atoms with Crippen LogP contribution in [0.1, 0.15) is 21.9 Å². The van der Waals surface area contributed by atoms with Gasteiger partial charge in [-0.15, -0.1) is 0 Å². The second-order valence-corrected chi connectivity index (χ2v) is 11.3. The molecule has 0 aliphatic carbocycles. The molecule has 1 aromatic heterocycles. The van der Waals surface area contributed by atoms with Crippen LogP contribution in [0.15, 0.2) is 71.9 Å². The van der Waals surface area contributed by atoms with E-state index in [4.69, 9.17) is 11.6 Å². The van der Waals surface area contributed by atoms with Crippen molar-refractivity contribution >= 4 is 31.5 Å². The summed E-state index contributed by atoms with van der Waals surface area (Å²) < 4.78 is 67.8. The van der Waals surface area contributed by atoms with Crippen LogP contribution in [0.25, 0.3) is 0 Å². The molecule has 0 saturated carbocycles. The molecule has 0 amide bonds. The summed E-state index contributed by atoms with van der Waals surface area (Å²) in [7, 11) is -7.89. The van der Waals surface area contributed by atoms with E-state index in [1.165, 1.54) is 31.5 Å². The van der Waals surface area contributed by atoms with Gasteiger partial charge in [-0.2, -0.15) is 0 Å². The lowest BCUT2D eigenvalue weighted by molar-refractivity contribution is 0.567. The van der Waals surface area contributed by atoms with Gasteiger partial charge in [-0.3, -0.25) is 4.98 Å². The highest BCUT2D eigenvalue weighted by Gasteiger charge is 2.31. The number of rotatable bonds is 8. The van der Waals surface area contributed by atoms with Crippen LogP contribution < -0.4 is 4.72 Å². The van der Waals surface area contributed by atoms with Gasteiger partial charge in [0.25, 0.3) is 0 Å². The molecule has 1 unspecified atom stereocenters. The Morgan fingerprint density at radius 1 is 1.06 bits per heavy atom. The van der Waals surface area contributed by atoms with Crippen LogP contribution in [0, 0.1) is 12.7 Å². The van der Waals surface area contributed by atoms with E-state index in [0.717, 1.165) is 6.07 Å². The Labute approximate surface area is 186 Å². The molecule has 3 aromatic rings. The molecule has 0 aliphatic heterocycles. The minimum Gasteiger partial charge on any atom is -0.264 e. The van der Waals surface area contributed by atoms with Gasteiger partial charge in [0.05, 0.1) is 10.6 Å². The van der Waals surface area contributed by atoms with Crippen LogP contribution in [0.3, 0.4) is 0 Å². The summed E-state index contributed by atoms with van der Waals surface area (Å²) in [5.41, 5.74) is 1.000. The van der Waals surface area contributed by atoms with Gasteiger partial charge < -0.3 is 0 Å². The first-order valence-corrected chi connectivity index (χ1v) is 12.8. The number of benzene rings is 2. The van der Waals surface area contributed by atoms with Gasteiger partial charge in [0.2, 0.25) is 10.0 Å². The number of nitrogens with one attached hydrogen (secondary N) is 1. The number of hydrogen-bond donors (Lipinski definition) is 1. The lowest BCUT2D eigenvalue weighted by Gasteiger charge is -2.19. The lowest BCUT2D eigenvalue weighted by Crippen LogP contribution is -2.32. The SMILES string of the molecule is Cc1cc(S(=O)(=O)C(CNS(=O)(=O)Cc2ccc(Cl)cc2)c2cccnc2)ccc1F. The first kappa shape index (κ1) is 23.3. The third-order valence-corrected chi connectivity index (χ3v) is 8.32. The molecule has 10 heteroatoms. The molecule has 0 saturated heterocycles. The first-order chi connectivity index (χ1) is 14.6. The van der Waals surface area contributed by atoms with E-state index in [2.05, 4.69) is 9.71 Å². The van der Waals surface area contributed by atoms with Crippen molar-refractivity contribution in [2.45, 2.75) is 22.8 Å². The predicted octanol–water partition coefficient (Wildman–Crippen LogP) is 3.82. The van der Waals surface area contributed by atoms with E-state index in [1.54, 1.807) is 36.4 Å². The van der Waals surface area contributed by atoms with Gasteiger partial charge in [0.1, 0.15) is 11.1 Å². The van der Waals surface area contributed by atoms with E-state index < -0.39 is 37.5 Å². The summed E-state index contributed by atoms with van der Waals surface area (Å²) in [6.45, 7) is 1.06. The second-order valence-electron chi connectivity index (χ2n) is 6.97. The highest BCUT2D eigenvalue weighted by Crippen LogP contribution is 2.29. The second kappa shape index (κ2) is 9.44. The molecular formula is C21H20ClFN2O4S2. The number of sulfone groups is 1. The molecule has 164 valence electrons. The quantitative estimate of drug-likeness (QED) is 0.493. The Morgan fingerprint density at radius 2 is 1.77 bits per heavy atom. The number of pyridine rings is 1. The fraction of sp³-hybridized carbons (Fsp3) is 0.190. The maximum Gasteiger partial charge on any atom is 0.215 e. The van der Waals surface area contributed by atoms with E-state index in [1.807, 2.05) is 0 Å². The minimum atomic E-state index is -4.05. The summed E-state index contributed by atoms with van der Waals surface area (Å²) in [4.78, 5) is 3.85. The van der Waals surface area contributed by atoms with Crippen LogP contribution in [-0.4, -0.2) is 28.4 Å². The monoisotopic (exact) mass is 482 g/mol. The van der Waals surface area contributed by atoms with E-state index in [9.17, 15) is 21.2 Å². The summed E-state index contributed by atoms with van der Waals surface area (Å²) in [6, 6.07) is 12.9. The van der Waals surface area contributed by atoms with Crippen molar-refractivity contribution in [3.63, 3.8) is 0 Å². The Balaban J connectivity index is 1.89. The Morgan fingerprint density at radius 3 is 2.39 bits per heavy atom. The van der Waals surface area contributed by atoms with E-state index >= 15 is 0 Å². The van der Waals surface area contributed by atoms with E-state index in [0.29, 0.717) is 16.1 Å². The summed E-state index contributed by atoms with van der Waals surface area (Å²) >= 11 is 5.82. The standard InChI is InChI=1S/C21H20ClFN2O4S2/c1-15-11-19(8-9-20(15)23)31(28,29)21(17-3-2-10-24-12-17)13-25-30(26,27)14-16-4-6-18(22)7-5-16/h2-12,21,25H,13-14H2,1H3. The molecule has 31 heavy (non-hydrogen) atoms. The maximum atomic E-state index is 13.6. The minimum absolute atomic E-state index is 0.0999. The third kappa shape index (κ3) is 5.88. The van der Waals surface area contributed by atoms with Crippen LogP contribution >= 0.6 is 11.6 Å². The van der Waals surface area contributed by atoms with Crippen molar-refractivity contribution in [1.29, 1.82) is 0 Å². The zero-order valence-electron chi connectivity index (χ0n) is 16.5. The van der Waals surface area contributed by atoms with Crippen LogP contribution in [-0.2, 0) is 25.6 Å². The number of halogens is 2. The predicted molar refractivity (Wildman–Crippen MR) is 117 cm³/mol. The molecule has 0 fully saturated rings. The molecule has 1 heterocycles. The lowest BCUT2D eigenvalue weighted by atomic mass is 10.2. The molecule has 1 atom stereocenters. The number of nitrogens with zero attached hydrogens (tertiary/aromatic N) is 1. The topological polar surface area (TPSA) is 93.2 Å².